The molecule has 0 amide bonds. The van der Waals surface area contributed by atoms with Crippen LogP contribution in [0.25, 0.3) is 0 Å². The number of nitrogens with zero attached hydrogens (tertiary/aromatic N) is 2. The Balaban J connectivity index is 1.49. The van der Waals surface area contributed by atoms with Gasteiger partial charge in [-0.15, -0.1) is 0 Å². The summed E-state index contributed by atoms with van der Waals surface area (Å²) in [4.78, 5) is 12.0. The fourth-order valence-electron chi connectivity index (χ4n) is 2.61. The van der Waals surface area contributed by atoms with E-state index in [4.69, 9.17) is 4.74 Å². The van der Waals surface area contributed by atoms with E-state index in [0.717, 1.165) is 24.1 Å². The summed E-state index contributed by atoms with van der Waals surface area (Å²) in [5.41, 5.74) is 3.09. The second kappa shape index (κ2) is 8.94. The fraction of sp³-hybridized carbons (Fsp3) is 0.238. The van der Waals surface area contributed by atoms with Gasteiger partial charge in [-0.1, -0.05) is 60.7 Å². The van der Waals surface area contributed by atoms with Crippen molar-refractivity contribution in [2.75, 3.05) is 6.61 Å². The molecule has 4 nitrogen and oxygen atoms in total. The summed E-state index contributed by atoms with van der Waals surface area (Å²) in [5, 5.41) is 4.47. The minimum Gasteiger partial charge on any atom is -0.377 e. The Morgan fingerprint density at radius 3 is 2.24 bits per heavy atom. The van der Waals surface area contributed by atoms with Gasteiger partial charge in [-0.05, 0) is 30.0 Å². The van der Waals surface area contributed by atoms with Gasteiger partial charge in [-0.25, -0.2) is 4.68 Å². The van der Waals surface area contributed by atoms with Gasteiger partial charge < -0.3 is 4.74 Å². The zero-order valence-corrected chi connectivity index (χ0v) is 14.2. The number of hydrogen-bond acceptors (Lipinski definition) is 3. The van der Waals surface area contributed by atoms with Gasteiger partial charge in [0.05, 0.1) is 18.8 Å². The quantitative estimate of drug-likeness (QED) is 0.593. The molecule has 128 valence electrons. The SMILES string of the molecule is O=c1ccc(CCCOCc2ccccc2)nn1Cc1ccccc1. The third-order valence-corrected chi connectivity index (χ3v) is 3.93. The highest BCUT2D eigenvalue weighted by Crippen LogP contribution is 2.04. The van der Waals surface area contributed by atoms with Gasteiger partial charge in [0.2, 0.25) is 0 Å². The van der Waals surface area contributed by atoms with Crippen LogP contribution in [0.15, 0.2) is 77.6 Å². The van der Waals surface area contributed by atoms with Crippen LogP contribution in [0.5, 0.6) is 0 Å². The lowest BCUT2D eigenvalue weighted by atomic mass is 10.2. The molecule has 0 aliphatic carbocycles. The molecule has 2 aromatic carbocycles. The third kappa shape index (κ3) is 5.40. The Kier molecular flexibility index (Phi) is 6.12. The van der Waals surface area contributed by atoms with E-state index in [9.17, 15) is 4.79 Å². The summed E-state index contributed by atoms with van der Waals surface area (Å²) >= 11 is 0. The fourth-order valence-corrected chi connectivity index (χ4v) is 2.61. The molecule has 0 N–H and O–H groups in total. The zero-order valence-electron chi connectivity index (χ0n) is 14.2. The van der Waals surface area contributed by atoms with Gasteiger partial charge in [-0.3, -0.25) is 4.79 Å². The van der Waals surface area contributed by atoms with E-state index < -0.39 is 0 Å². The first kappa shape index (κ1) is 17.1. The Labute approximate surface area is 147 Å². The first-order chi connectivity index (χ1) is 12.3. The van der Waals surface area contributed by atoms with Crippen molar-refractivity contribution in [1.82, 2.24) is 9.78 Å². The van der Waals surface area contributed by atoms with Crippen molar-refractivity contribution >= 4 is 0 Å². The normalized spacial score (nSPS) is 10.7. The molecule has 0 saturated heterocycles. The van der Waals surface area contributed by atoms with E-state index in [1.54, 1.807) is 12.1 Å². The Morgan fingerprint density at radius 1 is 0.840 bits per heavy atom. The molecule has 0 saturated carbocycles. The van der Waals surface area contributed by atoms with Gasteiger partial charge in [0.25, 0.3) is 5.56 Å². The van der Waals surface area contributed by atoms with Crippen molar-refractivity contribution in [2.45, 2.75) is 26.0 Å². The van der Waals surface area contributed by atoms with E-state index in [1.807, 2.05) is 48.5 Å². The van der Waals surface area contributed by atoms with Gasteiger partial charge in [-0.2, -0.15) is 5.10 Å². The number of benzene rings is 2. The number of rotatable bonds is 8. The maximum absolute atomic E-state index is 12.0. The minimum absolute atomic E-state index is 0.0760. The molecular weight excluding hydrogens is 312 g/mol. The smallest absolute Gasteiger partial charge is 0.267 e. The van der Waals surface area contributed by atoms with Gasteiger partial charge in [0, 0.05) is 12.7 Å². The molecule has 1 aromatic heterocycles. The van der Waals surface area contributed by atoms with E-state index in [0.29, 0.717) is 19.8 Å². The van der Waals surface area contributed by atoms with Crippen molar-refractivity contribution in [1.29, 1.82) is 0 Å². The van der Waals surface area contributed by atoms with Gasteiger partial charge in [0.15, 0.2) is 0 Å². The lowest BCUT2D eigenvalue weighted by Gasteiger charge is -2.08. The maximum atomic E-state index is 12.0. The molecule has 0 aliphatic heterocycles. The molecule has 3 aromatic rings. The van der Waals surface area contributed by atoms with Crippen molar-refractivity contribution in [3.63, 3.8) is 0 Å². The van der Waals surface area contributed by atoms with Crippen LogP contribution in [0.2, 0.25) is 0 Å². The van der Waals surface area contributed by atoms with Gasteiger partial charge in [0.1, 0.15) is 0 Å². The Bertz CT molecular complexity index is 829. The molecule has 0 unspecified atom stereocenters. The van der Waals surface area contributed by atoms with Crippen molar-refractivity contribution in [3.05, 3.63) is 100.0 Å². The number of ether oxygens (including phenoxy) is 1. The standard InChI is InChI=1S/C21H22N2O2/c24-21-14-13-20(22-23(21)16-18-8-3-1-4-9-18)12-7-15-25-17-19-10-5-2-6-11-19/h1-6,8-11,13-14H,7,12,15-17H2. The molecule has 0 radical (unpaired) electrons. The molecule has 0 spiro atoms. The number of aryl methyl sites for hydroxylation is 1. The highest BCUT2D eigenvalue weighted by molar-refractivity contribution is 5.15. The molecular formula is C21H22N2O2. The predicted octanol–water partition coefficient (Wildman–Crippen LogP) is 3.44. The lowest BCUT2D eigenvalue weighted by molar-refractivity contribution is 0.118. The molecule has 0 fully saturated rings. The molecule has 1 heterocycles. The third-order valence-electron chi connectivity index (χ3n) is 3.93. The van der Waals surface area contributed by atoms with Crippen LogP contribution in [0.4, 0.5) is 0 Å². The van der Waals surface area contributed by atoms with Crippen LogP contribution in [0.1, 0.15) is 23.2 Å². The first-order valence-electron chi connectivity index (χ1n) is 8.54. The van der Waals surface area contributed by atoms with Crippen molar-refractivity contribution < 1.29 is 4.74 Å². The van der Waals surface area contributed by atoms with Crippen LogP contribution in [-0.4, -0.2) is 16.4 Å². The molecule has 0 atom stereocenters. The zero-order chi connectivity index (χ0) is 17.3. The van der Waals surface area contributed by atoms with Crippen LogP contribution in [0.3, 0.4) is 0 Å². The molecule has 0 aliphatic rings. The Hall–Kier alpha value is -2.72. The van der Waals surface area contributed by atoms with E-state index >= 15 is 0 Å². The average molecular weight is 334 g/mol. The second-order valence-corrected chi connectivity index (χ2v) is 5.95. The van der Waals surface area contributed by atoms with Crippen LogP contribution >= 0.6 is 0 Å². The highest BCUT2D eigenvalue weighted by Gasteiger charge is 2.02. The van der Waals surface area contributed by atoms with Crippen LogP contribution in [0, 0.1) is 0 Å². The summed E-state index contributed by atoms with van der Waals surface area (Å²) in [6.45, 7) is 1.80. The van der Waals surface area contributed by atoms with Crippen molar-refractivity contribution in [2.24, 2.45) is 0 Å². The number of hydrogen-bond donors (Lipinski definition) is 0. The van der Waals surface area contributed by atoms with E-state index in [2.05, 4.69) is 17.2 Å². The summed E-state index contributed by atoms with van der Waals surface area (Å²) in [6.07, 6.45) is 1.67. The van der Waals surface area contributed by atoms with E-state index in [1.165, 1.54) is 10.2 Å². The predicted molar refractivity (Wildman–Crippen MR) is 98.5 cm³/mol. The monoisotopic (exact) mass is 334 g/mol. The highest BCUT2D eigenvalue weighted by atomic mass is 16.5. The summed E-state index contributed by atoms with van der Waals surface area (Å²) in [7, 11) is 0. The van der Waals surface area contributed by atoms with E-state index in [-0.39, 0.29) is 5.56 Å². The van der Waals surface area contributed by atoms with Gasteiger partial charge >= 0.3 is 0 Å². The molecule has 4 heteroatoms. The Morgan fingerprint density at radius 2 is 1.52 bits per heavy atom. The van der Waals surface area contributed by atoms with Crippen LogP contribution < -0.4 is 5.56 Å². The first-order valence-corrected chi connectivity index (χ1v) is 8.54. The summed E-state index contributed by atoms with van der Waals surface area (Å²) < 4.78 is 7.22. The largest absolute Gasteiger partial charge is 0.377 e. The number of aromatic nitrogens is 2. The van der Waals surface area contributed by atoms with Crippen molar-refractivity contribution in [3.8, 4) is 0 Å². The molecule has 25 heavy (non-hydrogen) atoms. The lowest BCUT2D eigenvalue weighted by Crippen LogP contribution is -2.23. The minimum atomic E-state index is -0.0760. The average Bonchev–Trinajstić information content (AvgIpc) is 2.66. The summed E-state index contributed by atoms with van der Waals surface area (Å²) in [5.74, 6) is 0. The summed E-state index contributed by atoms with van der Waals surface area (Å²) in [6, 6.07) is 23.4. The second-order valence-electron chi connectivity index (χ2n) is 5.95. The van der Waals surface area contributed by atoms with Crippen LogP contribution in [-0.2, 0) is 24.3 Å². The topological polar surface area (TPSA) is 44.1 Å². The molecule has 0 bridgehead atoms. The molecule has 3 rings (SSSR count). The maximum Gasteiger partial charge on any atom is 0.267 e.